The van der Waals surface area contributed by atoms with Crippen molar-refractivity contribution in [2.45, 2.75) is 66.2 Å². The van der Waals surface area contributed by atoms with Crippen molar-refractivity contribution in [2.24, 2.45) is 29.4 Å². The molecule has 3 nitrogen and oxygen atoms in total. The molecule has 0 unspecified atom stereocenters. The van der Waals surface area contributed by atoms with Gasteiger partial charge < -0.3 is 10.6 Å². The highest BCUT2D eigenvalue weighted by Gasteiger charge is 2.28. The van der Waals surface area contributed by atoms with Crippen LogP contribution in [0.2, 0.25) is 0 Å². The summed E-state index contributed by atoms with van der Waals surface area (Å²) in [6.07, 6.45) is 6.58. The molecule has 0 aromatic carbocycles. The van der Waals surface area contributed by atoms with E-state index in [0.717, 1.165) is 58.2 Å². The van der Waals surface area contributed by atoms with Crippen LogP contribution in [0.5, 0.6) is 0 Å². The van der Waals surface area contributed by atoms with E-state index in [4.69, 9.17) is 5.73 Å². The average molecular weight is 296 g/mol. The zero-order valence-corrected chi connectivity index (χ0v) is 14.6. The van der Waals surface area contributed by atoms with Gasteiger partial charge in [0.15, 0.2) is 0 Å². The minimum absolute atomic E-state index is 0.257. The fraction of sp³-hybridized carbons (Fsp3) is 0.944. The number of amides is 1. The van der Waals surface area contributed by atoms with Crippen LogP contribution in [0.3, 0.4) is 0 Å². The number of carbonyl (C=O) groups excluding carboxylic acids is 1. The van der Waals surface area contributed by atoms with E-state index in [1.165, 1.54) is 0 Å². The standard InChI is InChI=1S/C18H36N2O/c1-14(2)9-11-20(12-10-15(3)4)18(21)17-7-5-16(13-19)6-8-17/h14-17H,5-13,19H2,1-4H3. The normalized spacial score (nSPS) is 22.8. The van der Waals surface area contributed by atoms with Crippen molar-refractivity contribution in [3.05, 3.63) is 0 Å². The Labute approximate surface area is 131 Å². The Morgan fingerprint density at radius 2 is 1.48 bits per heavy atom. The van der Waals surface area contributed by atoms with Gasteiger partial charge in [0.2, 0.25) is 5.91 Å². The molecule has 0 atom stereocenters. The van der Waals surface area contributed by atoms with Crippen molar-refractivity contribution >= 4 is 5.91 Å². The van der Waals surface area contributed by atoms with E-state index < -0.39 is 0 Å². The average Bonchev–Trinajstić information content (AvgIpc) is 2.46. The number of nitrogens with zero attached hydrogens (tertiary/aromatic N) is 1. The molecule has 0 heterocycles. The van der Waals surface area contributed by atoms with Crippen LogP contribution in [0.1, 0.15) is 66.2 Å². The Morgan fingerprint density at radius 1 is 1.00 bits per heavy atom. The van der Waals surface area contributed by atoms with Crippen LogP contribution in [0.15, 0.2) is 0 Å². The summed E-state index contributed by atoms with van der Waals surface area (Å²) in [4.78, 5) is 15.0. The Morgan fingerprint density at radius 3 is 1.86 bits per heavy atom. The molecule has 0 aromatic rings. The molecule has 1 fully saturated rings. The van der Waals surface area contributed by atoms with Gasteiger partial charge in [0.1, 0.15) is 0 Å². The maximum atomic E-state index is 12.8. The van der Waals surface area contributed by atoms with Gasteiger partial charge in [-0.1, -0.05) is 27.7 Å². The molecular formula is C18H36N2O. The Bertz CT molecular complexity index is 282. The summed E-state index contributed by atoms with van der Waals surface area (Å²) < 4.78 is 0. The number of rotatable bonds is 8. The molecule has 1 amide bonds. The van der Waals surface area contributed by atoms with Gasteiger partial charge in [0.05, 0.1) is 0 Å². The fourth-order valence-electron chi connectivity index (χ4n) is 3.06. The minimum Gasteiger partial charge on any atom is -0.342 e. The maximum Gasteiger partial charge on any atom is 0.225 e. The molecule has 0 aliphatic heterocycles. The fourth-order valence-corrected chi connectivity index (χ4v) is 3.06. The molecule has 0 radical (unpaired) electrons. The molecule has 3 heteroatoms. The van der Waals surface area contributed by atoms with Crippen LogP contribution >= 0.6 is 0 Å². The van der Waals surface area contributed by atoms with Gasteiger partial charge in [-0.05, 0) is 62.8 Å². The summed E-state index contributed by atoms with van der Waals surface area (Å²) in [5.41, 5.74) is 5.75. The number of nitrogens with two attached hydrogens (primary N) is 1. The molecular weight excluding hydrogens is 260 g/mol. The monoisotopic (exact) mass is 296 g/mol. The topological polar surface area (TPSA) is 46.3 Å². The quantitative estimate of drug-likeness (QED) is 0.743. The van der Waals surface area contributed by atoms with E-state index in [9.17, 15) is 4.79 Å². The lowest BCUT2D eigenvalue weighted by Gasteiger charge is -2.32. The van der Waals surface area contributed by atoms with Crippen molar-refractivity contribution in [2.75, 3.05) is 19.6 Å². The van der Waals surface area contributed by atoms with E-state index in [2.05, 4.69) is 32.6 Å². The van der Waals surface area contributed by atoms with Crippen LogP contribution in [-0.2, 0) is 4.79 Å². The highest BCUT2D eigenvalue weighted by Crippen LogP contribution is 2.29. The Kier molecular flexibility index (Phi) is 8.31. The van der Waals surface area contributed by atoms with E-state index in [1.54, 1.807) is 0 Å². The number of carbonyl (C=O) groups is 1. The third kappa shape index (κ3) is 6.82. The van der Waals surface area contributed by atoms with Gasteiger partial charge in [-0.3, -0.25) is 4.79 Å². The van der Waals surface area contributed by atoms with Crippen molar-refractivity contribution in [1.82, 2.24) is 4.90 Å². The summed E-state index contributed by atoms with van der Waals surface area (Å²) >= 11 is 0. The van der Waals surface area contributed by atoms with Crippen molar-refractivity contribution in [3.8, 4) is 0 Å². The van der Waals surface area contributed by atoms with E-state index in [0.29, 0.717) is 23.7 Å². The predicted molar refractivity (Wildman–Crippen MR) is 90.0 cm³/mol. The van der Waals surface area contributed by atoms with E-state index in [1.807, 2.05) is 0 Å². The molecule has 124 valence electrons. The second kappa shape index (κ2) is 9.45. The van der Waals surface area contributed by atoms with Crippen LogP contribution in [0.4, 0.5) is 0 Å². The van der Waals surface area contributed by atoms with Crippen LogP contribution < -0.4 is 5.73 Å². The summed E-state index contributed by atoms with van der Waals surface area (Å²) in [5, 5.41) is 0. The maximum absolute atomic E-state index is 12.8. The first kappa shape index (κ1) is 18.5. The number of hydrogen-bond donors (Lipinski definition) is 1. The molecule has 1 rings (SSSR count). The highest BCUT2D eigenvalue weighted by atomic mass is 16.2. The van der Waals surface area contributed by atoms with Crippen molar-refractivity contribution in [3.63, 3.8) is 0 Å². The van der Waals surface area contributed by atoms with Crippen molar-refractivity contribution in [1.29, 1.82) is 0 Å². The van der Waals surface area contributed by atoms with Crippen molar-refractivity contribution < 1.29 is 4.79 Å². The summed E-state index contributed by atoms with van der Waals surface area (Å²) in [6, 6.07) is 0. The SMILES string of the molecule is CC(C)CCN(CCC(C)C)C(=O)C1CCC(CN)CC1. The molecule has 0 bridgehead atoms. The summed E-state index contributed by atoms with van der Waals surface area (Å²) in [6.45, 7) is 11.6. The van der Waals surface area contributed by atoms with Gasteiger partial charge in [0.25, 0.3) is 0 Å². The van der Waals surface area contributed by atoms with Gasteiger partial charge >= 0.3 is 0 Å². The largest absolute Gasteiger partial charge is 0.342 e. The van der Waals surface area contributed by atoms with Crippen LogP contribution in [0.25, 0.3) is 0 Å². The third-order valence-corrected chi connectivity index (χ3v) is 4.79. The molecule has 1 aliphatic rings. The molecule has 21 heavy (non-hydrogen) atoms. The molecule has 1 aliphatic carbocycles. The predicted octanol–water partition coefficient (Wildman–Crippen LogP) is 3.67. The van der Waals surface area contributed by atoms with Crippen LogP contribution in [0, 0.1) is 23.7 Å². The lowest BCUT2D eigenvalue weighted by Crippen LogP contribution is -2.40. The third-order valence-electron chi connectivity index (χ3n) is 4.79. The van der Waals surface area contributed by atoms with Gasteiger partial charge in [-0.15, -0.1) is 0 Å². The second-order valence-electron chi connectivity index (χ2n) is 7.64. The lowest BCUT2D eigenvalue weighted by molar-refractivity contribution is -0.137. The summed E-state index contributed by atoms with van der Waals surface area (Å²) in [5.74, 6) is 2.63. The smallest absolute Gasteiger partial charge is 0.225 e. The van der Waals surface area contributed by atoms with Gasteiger partial charge in [0, 0.05) is 19.0 Å². The lowest BCUT2D eigenvalue weighted by atomic mass is 9.81. The van der Waals surface area contributed by atoms with Gasteiger partial charge in [-0.2, -0.15) is 0 Å². The highest BCUT2D eigenvalue weighted by molar-refractivity contribution is 5.78. The molecule has 0 aromatic heterocycles. The zero-order chi connectivity index (χ0) is 15.8. The Hall–Kier alpha value is -0.570. The Balaban J connectivity index is 2.52. The first-order valence-electron chi connectivity index (χ1n) is 8.92. The molecule has 1 saturated carbocycles. The summed E-state index contributed by atoms with van der Waals surface area (Å²) in [7, 11) is 0. The van der Waals surface area contributed by atoms with E-state index in [-0.39, 0.29) is 5.92 Å². The van der Waals surface area contributed by atoms with Crippen LogP contribution in [-0.4, -0.2) is 30.4 Å². The number of hydrogen-bond acceptors (Lipinski definition) is 2. The molecule has 0 spiro atoms. The first-order valence-corrected chi connectivity index (χ1v) is 8.92. The first-order chi connectivity index (χ1) is 9.93. The van der Waals surface area contributed by atoms with Gasteiger partial charge in [-0.25, -0.2) is 0 Å². The zero-order valence-electron chi connectivity index (χ0n) is 14.6. The minimum atomic E-state index is 0.257. The molecule has 0 saturated heterocycles. The second-order valence-corrected chi connectivity index (χ2v) is 7.64. The van der Waals surface area contributed by atoms with E-state index >= 15 is 0 Å². The molecule has 2 N–H and O–H groups in total.